The Kier molecular flexibility index (Phi) is 3.94. The lowest BCUT2D eigenvalue weighted by molar-refractivity contribution is 0.297. The average molecular weight is 230 g/mol. The van der Waals surface area contributed by atoms with Gasteiger partial charge >= 0.3 is 0 Å². The summed E-state index contributed by atoms with van der Waals surface area (Å²) in [5, 5.41) is 8.83. The number of aliphatic hydroxyl groups is 1. The number of nitrogens with one attached hydrogen (secondary N) is 1. The molecule has 0 aliphatic rings. The molecule has 17 heavy (non-hydrogen) atoms. The van der Waals surface area contributed by atoms with Gasteiger partial charge in [-0.15, -0.1) is 0 Å². The highest BCUT2D eigenvalue weighted by Gasteiger charge is 2.02. The second-order valence-corrected chi connectivity index (χ2v) is 4.16. The molecule has 2 rings (SSSR count). The number of nitrogens with zero attached hydrogens (tertiary/aromatic N) is 1. The van der Waals surface area contributed by atoms with E-state index >= 15 is 0 Å². The molecule has 90 valence electrons. The predicted molar refractivity (Wildman–Crippen MR) is 68.8 cm³/mol. The Hall–Kier alpha value is -1.61. The Morgan fingerprint density at radius 3 is 2.59 bits per heavy atom. The molecule has 0 spiro atoms. The molecule has 2 aromatic rings. The minimum atomic E-state index is 0.127. The van der Waals surface area contributed by atoms with Gasteiger partial charge in [-0.1, -0.05) is 37.6 Å². The van der Waals surface area contributed by atoms with Crippen LogP contribution in [-0.4, -0.2) is 21.7 Å². The molecule has 0 aliphatic carbocycles. The molecule has 0 atom stereocenters. The zero-order valence-electron chi connectivity index (χ0n) is 10.1. The first kappa shape index (κ1) is 11.9. The average Bonchev–Trinajstić information content (AvgIpc) is 2.80. The zero-order chi connectivity index (χ0) is 12.1. The van der Waals surface area contributed by atoms with E-state index in [1.807, 2.05) is 6.20 Å². The van der Waals surface area contributed by atoms with Crippen LogP contribution in [0.1, 0.15) is 24.7 Å². The first-order valence-corrected chi connectivity index (χ1v) is 6.07. The monoisotopic (exact) mass is 230 g/mol. The van der Waals surface area contributed by atoms with Gasteiger partial charge in [0.25, 0.3) is 0 Å². The summed E-state index contributed by atoms with van der Waals surface area (Å²) in [6.07, 6.45) is 4.69. The number of aliphatic hydroxyl groups excluding tert-OH is 1. The van der Waals surface area contributed by atoms with Crippen LogP contribution in [0, 0.1) is 0 Å². The van der Waals surface area contributed by atoms with Crippen LogP contribution in [0.2, 0.25) is 0 Å². The van der Waals surface area contributed by atoms with E-state index in [1.54, 1.807) is 0 Å². The lowest BCUT2D eigenvalue weighted by Crippen LogP contribution is -1.92. The van der Waals surface area contributed by atoms with Crippen molar-refractivity contribution in [3.05, 3.63) is 41.9 Å². The molecule has 3 heteroatoms. The number of H-pyrrole nitrogens is 1. The van der Waals surface area contributed by atoms with E-state index in [2.05, 4.69) is 41.2 Å². The van der Waals surface area contributed by atoms with Crippen LogP contribution in [0.15, 0.2) is 30.5 Å². The second kappa shape index (κ2) is 5.64. The van der Waals surface area contributed by atoms with Gasteiger partial charge < -0.3 is 10.1 Å². The number of benzene rings is 1. The molecular weight excluding hydrogens is 212 g/mol. The van der Waals surface area contributed by atoms with Crippen LogP contribution in [0.25, 0.3) is 11.3 Å². The third-order valence-corrected chi connectivity index (χ3v) is 2.78. The van der Waals surface area contributed by atoms with E-state index in [4.69, 9.17) is 5.11 Å². The van der Waals surface area contributed by atoms with Crippen molar-refractivity contribution in [3.8, 4) is 11.3 Å². The smallest absolute Gasteiger partial charge is 0.108 e. The van der Waals surface area contributed by atoms with E-state index in [-0.39, 0.29) is 6.61 Å². The molecule has 0 saturated heterocycles. The fourth-order valence-corrected chi connectivity index (χ4v) is 1.88. The van der Waals surface area contributed by atoms with Gasteiger partial charge in [0.1, 0.15) is 5.82 Å². The van der Waals surface area contributed by atoms with Gasteiger partial charge in [0.05, 0.1) is 18.5 Å². The van der Waals surface area contributed by atoms with Gasteiger partial charge in [-0.3, -0.25) is 0 Å². The zero-order valence-corrected chi connectivity index (χ0v) is 10.1. The van der Waals surface area contributed by atoms with Crippen molar-refractivity contribution in [2.45, 2.75) is 26.2 Å². The van der Waals surface area contributed by atoms with Crippen molar-refractivity contribution in [2.24, 2.45) is 0 Å². The maximum atomic E-state index is 8.83. The number of imidazole rings is 1. The molecule has 1 aromatic heterocycles. The van der Waals surface area contributed by atoms with Crippen molar-refractivity contribution in [1.29, 1.82) is 0 Å². The van der Waals surface area contributed by atoms with Crippen LogP contribution in [0.4, 0.5) is 0 Å². The van der Waals surface area contributed by atoms with Gasteiger partial charge in [0, 0.05) is 6.42 Å². The first-order chi connectivity index (χ1) is 8.33. The highest BCUT2D eigenvalue weighted by atomic mass is 16.3. The molecular formula is C14H18N2O. The van der Waals surface area contributed by atoms with Crippen LogP contribution >= 0.6 is 0 Å². The lowest BCUT2D eigenvalue weighted by atomic mass is 10.1. The standard InChI is InChI=1S/C14H18N2O/c1-2-3-11-4-6-12(7-5-11)13-10-15-14(16-13)8-9-17/h4-7,10,17H,2-3,8-9H2,1H3,(H,15,16). The summed E-state index contributed by atoms with van der Waals surface area (Å²) >= 11 is 0. The normalized spacial score (nSPS) is 10.7. The Labute approximate surface area is 102 Å². The number of aryl methyl sites for hydroxylation is 1. The van der Waals surface area contributed by atoms with Crippen molar-refractivity contribution in [1.82, 2.24) is 9.97 Å². The Morgan fingerprint density at radius 1 is 1.18 bits per heavy atom. The molecule has 1 heterocycles. The van der Waals surface area contributed by atoms with Crippen molar-refractivity contribution in [3.63, 3.8) is 0 Å². The molecule has 3 nitrogen and oxygen atoms in total. The van der Waals surface area contributed by atoms with Gasteiger partial charge in [-0.2, -0.15) is 0 Å². The molecule has 0 fully saturated rings. The topological polar surface area (TPSA) is 48.9 Å². The third kappa shape index (κ3) is 2.94. The third-order valence-electron chi connectivity index (χ3n) is 2.78. The van der Waals surface area contributed by atoms with Crippen LogP contribution in [0.5, 0.6) is 0 Å². The summed E-state index contributed by atoms with van der Waals surface area (Å²) < 4.78 is 0. The molecule has 0 unspecified atom stereocenters. The number of hydrogen-bond acceptors (Lipinski definition) is 2. The van der Waals surface area contributed by atoms with E-state index in [0.29, 0.717) is 6.42 Å². The SMILES string of the molecule is CCCc1ccc(-c2cnc(CCO)[nH]2)cc1. The lowest BCUT2D eigenvalue weighted by Gasteiger charge is -2.01. The van der Waals surface area contributed by atoms with Gasteiger partial charge in [0.2, 0.25) is 0 Å². The number of hydrogen-bond donors (Lipinski definition) is 2. The first-order valence-electron chi connectivity index (χ1n) is 6.07. The highest BCUT2D eigenvalue weighted by Crippen LogP contribution is 2.18. The molecule has 0 aliphatic heterocycles. The molecule has 2 N–H and O–H groups in total. The van der Waals surface area contributed by atoms with Crippen LogP contribution in [0.3, 0.4) is 0 Å². The van der Waals surface area contributed by atoms with Crippen molar-refractivity contribution < 1.29 is 5.11 Å². The summed E-state index contributed by atoms with van der Waals surface area (Å²) in [5.74, 6) is 0.833. The summed E-state index contributed by atoms with van der Waals surface area (Å²) in [6, 6.07) is 8.54. The van der Waals surface area contributed by atoms with Gasteiger partial charge in [-0.05, 0) is 17.5 Å². The van der Waals surface area contributed by atoms with Gasteiger partial charge in [0.15, 0.2) is 0 Å². The molecule has 0 saturated carbocycles. The quantitative estimate of drug-likeness (QED) is 0.829. The van der Waals surface area contributed by atoms with E-state index in [9.17, 15) is 0 Å². The fraction of sp³-hybridized carbons (Fsp3) is 0.357. The van der Waals surface area contributed by atoms with Crippen molar-refractivity contribution in [2.75, 3.05) is 6.61 Å². The van der Waals surface area contributed by atoms with E-state index in [1.165, 1.54) is 12.0 Å². The Balaban J connectivity index is 2.15. The molecule has 0 bridgehead atoms. The molecule has 1 aromatic carbocycles. The Morgan fingerprint density at radius 2 is 1.94 bits per heavy atom. The summed E-state index contributed by atoms with van der Waals surface area (Å²) in [4.78, 5) is 7.44. The maximum Gasteiger partial charge on any atom is 0.108 e. The number of aromatic nitrogens is 2. The van der Waals surface area contributed by atoms with Crippen LogP contribution < -0.4 is 0 Å². The minimum absolute atomic E-state index is 0.127. The molecule has 0 amide bonds. The highest BCUT2D eigenvalue weighted by molar-refractivity contribution is 5.58. The summed E-state index contributed by atoms with van der Waals surface area (Å²) in [5.41, 5.74) is 3.52. The van der Waals surface area contributed by atoms with Crippen molar-refractivity contribution >= 4 is 0 Å². The predicted octanol–water partition coefficient (Wildman–Crippen LogP) is 2.56. The largest absolute Gasteiger partial charge is 0.396 e. The summed E-state index contributed by atoms with van der Waals surface area (Å²) in [6.45, 7) is 2.31. The Bertz CT molecular complexity index is 459. The fourth-order valence-electron chi connectivity index (χ4n) is 1.88. The van der Waals surface area contributed by atoms with E-state index in [0.717, 1.165) is 23.5 Å². The maximum absolute atomic E-state index is 8.83. The number of rotatable bonds is 5. The number of aromatic amines is 1. The van der Waals surface area contributed by atoms with E-state index < -0.39 is 0 Å². The minimum Gasteiger partial charge on any atom is -0.396 e. The van der Waals surface area contributed by atoms with Gasteiger partial charge in [-0.25, -0.2) is 4.98 Å². The molecule has 0 radical (unpaired) electrons. The summed E-state index contributed by atoms with van der Waals surface area (Å²) in [7, 11) is 0. The van der Waals surface area contributed by atoms with Crippen LogP contribution in [-0.2, 0) is 12.8 Å². The second-order valence-electron chi connectivity index (χ2n) is 4.16.